The second-order valence-electron chi connectivity index (χ2n) is 5.05. The molecular weight excluding hydrogens is 332 g/mol. The first kappa shape index (κ1) is 15.9. The van der Waals surface area contributed by atoms with E-state index in [-0.39, 0.29) is 12.3 Å². The number of hydrogen-bond donors (Lipinski definition) is 0. The first-order valence-corrected chi connectivity index (χ1v) is 9.04. The number of thiazole rings is 1. The van der Waals surface area contributed by atoms with Crippen LogP contribution in [-0.2, 0) is 18.3 Å². The number of aromatic nitrogens is 5. The molecule has 3 rings (SSSR count). The van der Waals surface area contributed by atoms with Gasteiger partial charge in [-0.25, -0.2) is 9.50 Å². The maximum absolute atomic E-state index is 12.3. The van der Waals surface area contributed by atoms with Gasteiger partial charge in [0.25, 0.3) is 11.7 Å². The standard InChI is InChI=1S/C14H16N6OS2/c1-8-10(7-11(21)16-14-19(3)5-6-23-14)9(2)20-12(15-8)17-13(18-20)22-4/h5-6H,7H2,1-4H3. The summed E-state index contributed by atoms with van der Waals surface area (Å²) < 4.78 is 3.51. The Hall–Kier alpha value is -2.00. The fraction of sp³-hybridized carbons (Fsp3) is 0.357. The van der Waals surface area contributed by atoms with Crippen molar-refractivity contribution in [2.45, 2.75) is 25.4 Å². The summed E-state index contributed by atoms with van der Waals surface area (Å²) in [6.07, 6.45) is 3.99. The zero-order valence-electron chi connectivity index (χ0n) is 13.3. The highest BCUT2D eigenvalue weighted by atomic mass is 32.2. The second-order valence-corrected chi connectivity index (χ2v) is 6.70. The fourth-order valence-corrected chi connectivity index (χ4v) is 3.35. The Morgan fingerprint density at radius 1 is 1.39 bits per heavy atom. The third kappa shape index (κ3) is 3.06. The van der Waals surface area contributed by atoms with E-state index >= 15 is 0 Å². The molecule has 1 amide bonds. The smallest absolute Gasteiger partial charge is 0.253 e. The fourth-order valence-electron chi connectivity index (χ4n) is 2.26. The number of fused-ring (bicyclic) bond motifs is 1. The topological polar surface area (TPSA) is 77.4 Å². The Morgan fingerprint density at radius 2 is 2.17 bits per heavy atom. The van der Waals surface area contributed by atoms with Crippen molar-refractivity contribution >= 4 is 34.8 Å². The molecule has 0 spiro atoms. The number of carbonyl (C=O) groups excluding carboxylic acids is 1. The first-order chi connectivity index (χ1) is 11.0. The largest absolute Gasteiger partial charge is 0.327 e. The van der Waals surface area contributed by atoms with Crippen molar-refractivity contribution in [3.8, 4) is 0 Å². The Balaban J connectivity index is 2.00. The second kappa shape index (κ2) is 6.25. The Labute approximate surface area is 141 Å². The Morgan fingerprint density at radius 3 is 2.83 bits per heavy atom. The van der Waals surface area contributed by atoms with E-state index < -0.39 is 0 Å². The van der Waals surface area contributed by atoms with Gasteiger partial charge in [-0.05, 0) is 20.1 Å². The lowest BCUT2D eigenvalue weighted by Gasteiger charge is -2.08. The van der Waals surface area contributed by atoms with E-state index in [0.717, 1.165) is 17.0 Å². The molecule has 0 bridgehead atoms. The van der Waals surface area contributed by atoms with Gasteiger partial charge in [0.2, 0.25) is 5.16 Å². The molecule has 9 heteroatoms. The molecule has 23 heavy (non-hydrogen) atoms. The number of amides is 1. The molecule has 0 aliphatic carbocycles. The van der Waals surface area contributed by atoms with Crippen molar-refractivity contribution in [2.24, 2.45) is 12.0 Å². The molecule has 0 aliphatic rings. The van der Waals surface area contributed by atoms with Crippen molar-refractivity contribution in [2.75, 3.05) is 6.26 Å². The Bertz CT molecular complexity index is 952. The van der Waals surface area contributed by atoms with Crippen molar-refractivity contribution in [3.63, 3.8) is 0 Å². The van der Waals surface area contributed by atoms with Gasteiger partial charge in [0.1, 0.15) is 0 Å². The van der Waals surface area contributed by atoms with Crippen LogP contribution in [0.25, 0.3) is 5.78 Å². The minimum absolute atomic E-state index is 0.194. The molecule has 0 aromatic carbocycles. The molecule has 3 aromatic rings. The van der Waals surface area contributed by atoms with Gasteiger partial charge in [0.15, 0.2) is 4.80 Å². The Kier molecular flexibility index (Phi) is 4.31. The summed E-state index contributed by atoms with van der Waals surface area (Å²) in [6.45, 7) is 3.81. The highest BCUT2D eigenvalue weighted by molar-refractivity contribution is 7.98. The molecule has 0 atom stereocenters. The minimum atomic E-state index is -0.194. The molecule has 0 saturated carbocycles. The summed E-state index contributed by atoms with van der Waals surface area (Å²) in [4.78, 5) is 25.9. The summed E-state index contributed by atoms with van der Waals surface area (Å²) in [7, 11) is 1.87. The molecule has 0 radical (unpaired) electrons. The minimum Gasteiger partial charge on any atom is -0.327 e. The van der Waals surface area contributed by atoms with Crippen LogP contribution in [0.1, 0.15) is 17.0 Å². The van der Waals surface area contributed by atoms with Crippen LogP contribution in [0.3, 0.4) is 0 Å². The highest BCUT2D eigenvalue weighted by Crippen LogP contribution is 2.17. The van der Waals surface area contributed by atoms with E-state index in [1.54, 1.807) is 4.52 Å². The van der Waals surface area contributed by atoms with Crippen molar-refractivity contribution in [1.29, 1.82) is 0 Å². The first-order valence-electron chi connectivity index (χ1n) is 6.94. The van der Waals surface area contributed by atoms with Crippen LogP contribution in [0.2, 0.25) is 0 Å². The van der Waals surface area contributed by atoms with Gasteiger partial charge < -0.3 is 4.57 Å². The van der Waals surface area contributed by atoms with E-state index in [0.29, 0.717) is 15.7 Å². The van der Waals surface area contributed by atoms with E-state index in [1.807, 2.05) is 43.3 Å². The number of rotatable bonds is 3. The molecule has 7 nitrogen and oxygen atoms in total. The molecule has 0 aliphatic heterocycles. The van der Waals surface area contributed by atoms with Gasteiger partial charge in [-0.1, -0.05) is 11.8 Å². The lowest BCUT2D eigenvalue weighted by Crippen LogP contribution is -2.15. The summed E-state index contributed by atoms with van der Waals surface area (Å²) >= 11 is 2.90. The van der Waals surface area contributed by atoms with Gasteiger partial charge in [-0.3, -0.25) is 4.79 Å². The quantitative estimate of drug-likeness (QED) is 0.671. The van der Waals surface area contributed by atoms with E-state index in [4.69, 9.17) is 0 Å². The van der Waals surface area contributed by atoms with Crippen LogP contribution in [0.5, 0.6) is 0 Å². The normalized spacial score (nSPS) is 12.3. The van der Waals surface area contributed by atoms with E-state index in [1.165, 1.54) is 23.1 Å². The third-order valence-corrected chi connectivity index (χ3v) is 4.91. The zero-order valence-corrected chi connectivity index (χ0v) is 14.9. The number of carbonyl (C=O) groups is 1. The predicted octanol–water partition coefficient (Wildman–Crippen LogP) is 1.53. The number of thioether (sulfide) groups is 1. The number of aryl methyl sites for hydroxylation is 3. The lowest BCUT2D eigenvalue weighted by molar-refractivity contribution is -0.117. The molecule has 0 saturated heterocycles. The summed E-state index contributed by atoms with van der Waals surface area (Å²) in [5, 5.41) is 6.96. The average Bonchev–Trinajstić information content (AvgIpc) is 3.10. The lowest BCUT2D eigenvalue weighted by atomic mass is 10.1. The van der Waals surface area contributed by atoms with Crippen LogP contribution in [0.15, 0.2) is 21.7 Å². The maximum atomic E-state index is 12.3. The molecule has 3 heterocycles. The molecule has 120 valence electrons. The van der Waals surface area contributed by atoms with Gasteiger partial charge in [0, 0.05) is 35.6 Å². The van der Waals surface area contributed by atoms with Crippen molar-refractivity contribution in [1.82, 2.24) is 24.1 Å². The van der Waals surface area contributed by atoms with Crippen LogP contribution in [0.4, 0.5) is 0 Å². The predicted molar refractivity (Wildman–Crippen MR) is 89.6 cm³/mol. The van der Waals surface area contributed by atoms with Gasteiger partial charge in [-0.15, -0.1) is 16.4 Å². The summed E-state index contributed by atoms with van der Waals surface area (Å²) in [5.41, 5.74) is 2.51. The average molecular weight is 348 g/mol. The van der Waals surface area contributed by atoms with E-state index in [9.17, 15) is 4.79 Å². The molecule has 0 unspecified atom stereocenters. The van der Waals surface area contributed by atoms with Crippen molar-refractivity contribution in [3.05, 3.63) is 33.3 Å². The SMILES string of the molecule is CSc1nc2nc(C)c(CC(=O)N=c3sccn3C)c(C)n2n1. The van der Waals surface area contributed by atoms with Crippen LogP contribution < -0.4 is 4.80 Å². The van der Waals surface area contributed by atoms with Crippen LogP contribution in [-0.4, -0.2) is 36.3 Å². The molecule has 0 N–H and O–H groups in total. The molecular formula is C14H16N6OS2. The highest BCUT2D eigenvalue weighted by Gasteiger charge is 2.15. The van der Waals surface area contributed by atoms with E-state index in [2.05, 4.69) is 20.1 Å². The summed E-state index contributed by atoms with van der Waals surface area (Å²) in [6, 6.07) is 0. The maximum Gasteiger partial charge on any atom is 0.253 e. The third-order valence-electron chi connectivity index (χ3n) is 3.52. The monoisotopic (exact) mass is 348 g/mol. The summed E-state index contributed by atoms with van der Waals surface area (Å²) in [5.74, 6) is 0.364. The van der Waals surface area contributed by atoms with Crippen LogP contribution >= 0.6 is 23.1 Å². The molecule has 0 fully saturated rings. The zero-order chi connectivity index (χ0) is 16.6. The van der Waals surface area contributed by atoms with Gasteiger partial charge in [0.05, 0.1) is 6.42 Å². The van der Waals surface area contributed by atoms with Crippen LogP contribution in [0, 0.1) is 13.8 Å². The number of nitrogens with zero attached hydrogens (tertiary/aromatic N) is 6. The van der Waals surface area contributed by atoms with Gasteiger partial charge in [-0.2, -0.15) is 9.98 Å². The number of hydrogen-bond acceptors (Lipinski definition) is 6. The van der Waals surface area contributed by atoms with Crippen molar-refractivity contribution < 1.29 is 4.79 Å². The van der Waals surface area contributed by atoms with Gasteiger partial charge >= 0.3 is 0 Å². The molecule has 3 aromatic heterocycles.